The van der Waals surface area contributed by atoms with Crippen LogP contribution < -0.4 is 4.74 Å². The molecule has 0 spiro atoms. The minimum absolute atomic E-state index is 0.149. The van der Waals surface area contributed by atoms with E-state index in [0.29, 0.717) is 37.0 Å². The van der Waals surface area contributed by atoms with Gasteiger partial charge in [-0.1, -0.05) is 32.4 Å². The number of ether oxygens (including phenoxy) is 2. The second kappa shape index (κ2) is 10.5. The monoisotopic (exact) mass is 404 g/mol. The molecule has 1 aromatic rings. The van der Waals surface area contributed by atoms with Crippen molar-refractivity contribution < 1.29 is 24.2 Å². The van der Waals surface area contributed by atoms with Gasteiger partial charge < -0.3 is 14.6 Å². The van der Waals surface area contributed by atoms with Crippen LogP contribution in [0.3, 0.4) is 0 Å². The van der Waals surface area contributed by atoms with Crippen molar-refractivity contribution >= 4 is 11.9 Å². The predicted molar refractivity (Wildman–Crippen MR) is 115 cm³/mol. The Labute approximate surface area is 175 Å². The van der Waals surface area contributed by atoms with E-state index < -0.39 is 11.4 Å². The number of rotatable bonds is 9. The fraction of sp³-hybridized carbons (Fsp3) is 0.583. The highest BCUT2D eigenvalue weighted by Gasteiger charge is 2.26. The van der Waals surface area contributed by atoms with Crippen molar-refractivity contribution in [1.29, 1.82) is 0 Å². The molecule has 5 nitrogen and oxygen atoms in total. The molecule has 5 heteroatoms. The van der Waals surface area contributed by atoms with Gasteiger partial charge in [-0.05, 0) is 47.0 Å². The van der Waals surface area contributed by atoms with E-state index in [2.05, 4.69) is 6.58 Å². The van der Waals surface area contributed by atoms with Crippen molar-refractivity contribution in [2.45, 2.75) is 80.6 Å². The van der Waals surface area contributed by atoms with Gasteiger partial charge in [0.1, 0.15) is 11.5 Å². The molecule has 0 atom stereocenters. The topological polar surface area (TPSA) is 72.8 Å². The minimum atomic E-state index is -0.589. The van der Waals surface area contributed by atoms with Gasteiger partial charge in [0, 0.05) is 35.6 Å². The number of phenolic OH excluding ortho intramolecular Hbond substituents is 1. The number of carbonyl (C=O) groups excluding carboxylic acids is 2. The number of hydrogen-bond acceptors (Lipinski definition) is 5. The van der Waals surface area contributed by atoms with E-state index in [-0.39, 0.29) is 18.3 Å². The highest BCUT2D eigenvalue weighted by Crippen LogP contribution is 2.41. The molecule has 1 N–H and O–H groups in total. The Kier molecular flexibility index (Phi) is 8.93. The molecule has 0 aliphatic heterocycles. The third-order valence-corrected chi connectivity index (χ3v) is 4.62. The lowest BCUT2D eigenvalue weighted by Gasteiger charge is -2.23. The Morgan fingerprint density at radius 1 is 1.00 bits per heavy atom. The molecule has 0 fully saturated rings. The lowest BCUT2D eigenvalue weighted by molar-refractivity contribution is -0.152. The Morgan fingerprint density at radius 3 is 2.07 bits per heavy atom. The van der Waals surface area contributed by atoms with Crippen LogP contribution in [0.4, 0.5) is 0 Å². The van der Waals surface area contributed by atoms with Gasteiger partial charge in [-0.3, -0.25) is 9.59 Å². The predicted octanol–water partition coefficient (Wildman–Crippen LogP) is 5.08. The quantitative estimate of drug-likeness (QED) is 0.353. The first kappa shape index (κ1) is 24.7. The summed E-state index contributed by atoms with van der Waals surface area (Å²) in [4.78, 5) is 23.9. The zero-order chi connectivity index (χ0) is 22.4. The average Bonchev–Trinajstić information content (AvgIpc) is 2.59. The normalized spacial score (nSPS) is 11.3. The SMILES string of the molecule is C=C(C)Cc1c(O)c(CCOC(=O)C(C)(C)C)c(CC)c(OC(C)=O)c1CCC. The van der Waals surface area contributed by atoms with Crippen LogP contribution in [0.2, 0.25) is 0 Å². The molecule has 0 amide bonds. The van der Waals surface area contributed by atoms with Crippen LogP contribution in [0.5, 0.6) is 11.5 Å². The summed E-state index contributed by atoms with van der Waals surface area (Å²) in [6, 6.07) is 0. The Balaban J connectivity index is 3.50. The van der Waals surface area contributed by atoms with E-state index in [0.717, 1.165) is 28.7 Å². The number of carbonyl (C=O) groups is 2. The summed E-state index contributed by atoms with van der Waals surface area (Å²) < 4.78 is 11.0. The zero-order valence-electron chi connectivity index (χ0n) is 19.0. The Bertz CT molecular complexity index is 769. The van der Waals surface area contributed by atoms with Crippen LogP contribution >= 0.6 is 0 Å². The second-order valence-corrected chi connectivity index (χ2v) is 8.56. The Hall–Kier alpha value is -2.30. The summed E-state index contributed by atoms with van der Waals surface area (Å²) in [5.41, 5.74) is 3.37. The summed E-state index contributed by atoms with van der Waals surface area (Å²) in [5, 5.41) is 11.1. The van der Waals surface area contributed by atoms with Gasteiger partial charge in [0.15, 0.2) is 0 Å². The number of allylic oxidation sites excluding steroid dienone is 1. The molecule has 29 heavy (non-hydrogen) atoms. The van der Waals surface area contributed by atoms with Gasteiger partial charge in [-0.25, -0.2) is 0 Å². The molecule has 0 unspecified atom stereocenters. The van der Waals surface area contributed by atoms with Gasteiger partial charge in [0.05, 0.1) is 12.0 Å². The molecule has 0 radical (unpaired) electrons. The van der Waals surface area contributed by atoms with Gasteiger partial charge in [-0.15, -0.1) is 0 Å². The third-order valence-electron chi connectivity index (χ3n) is 4.62. The second-order valence-electron chi connectivity index (χ2n) is 8.56. The maximum Gasteiger partial charge on any atom is 0.311 e. The first-order chi connectivity index (χ1) is 13.4. The average molecular weight is 405 g/mol. The van der Waals surface area contributed by atoms with E-state index in [1.54, 1.807) is 20.8 Å². The van der Waals surface area contributed by atoms with Crippen LogP contribution in [-0.2, 0) is 40.0 Å². The highest BCUT2D eigenvalue weighted by atomic mass is 16.5. The molecular formula is C24H36O5. The molecule has 1 aromatic carbocycles. The summed E-state index contributed by atoms with van der Waals surface area (Å²) in [7, 11) is 0. The summed E-state index contributed by atoms with van der Waals surface area (Å²) in [6.45, 7) is 16.8. The van der Waals surface area contributed by atoms with Crippen LogP contribution in [0, 0.1) is 5.41 Å². The van der Waals surface area contributed by atoms with Crippen molar-refractivity contribution in [2.24, 2.45) is 5.41 Å². The molecule has 0 saturated carbocycles. The largest absolute Gasteiger partial charge is 0.507 e. The lowest BCUT2D eigenvalue weighted by Crippen LogP contribution is -2.24. The first-order valence-corrected chi connectivity index (χ1v) is 10.3. The standard InChI is InChI=1S/C24H36O5/c1-9-11-19-20(14-15(3)4)21(26)18(12-13-28-23(27)24(6,7)8)17(10-2)22(19)29-16(5)25/h26H,3,9-14H2,1-2,4-8H3. The highest BCUT2D eigenvalue weighted by molar-refractivity contribution is 5.75. The van der Waals surface area contributed by atoms with Crippen molar-refractivity contribution in [2.75, 3.05) is 6.61 Å². The maximum absolute atomic E-state index is 12.1. The van der Waals surface area contributed by atoms with Crippen molar-refractivity contribution in [3.05, 3.63) is 34.4 Å². The molecule has 0 aliphatic carbocycles. The van der Waals surface area contributed by atoms with Crippen LogP contribution in [0.15, 0.2) is 12.2 Å². The smallest absolute Gasteiger partial charge is 0.311 e. The molecule has 0 aromatic heterocycles. The van der Waals surface area contributed by atoms with Gasteiger partial charge >= 0.3 is 11.9 Å². The van der Waals surface area contributed by atoms with E-state index in [1.165, 1.54) is 6.92 Å². The van der Waals surface area contributed by atoms with Gasteiger partial charge in [0.2, 0.25) is 0 Å². The summed E-state index contributed by atoms with van der Waals surface area (Å²) in [6.07, 6.45) is 2.96. The molecule has 162 valence electrons. The molecular weight excluding hydrogens is 368 g/mol. The fourth-order valence-corrected chi connectivity index (χ4v) is 3.30. The van der Waals surface area contributed by atoms with E-state index >= 15 is 0 Å². The fourth-order valence-electron chi connectivity index (χ4n) is 3.30. The summed E-state index contributed by atoms with van der Waals surface area (Å²) in [5.74, 6) is 0.0400. The molecule has 0 aliphatic rings. The van der Waals surface area contributed by atoms with E-state index in [1.807, 2.05) is 20.8 Å². The van der Waals surface area contributed by atoms with Crippen molar-refractivity contribution in [3.8, 4) is 11.5 Å². The van der Waals surface area contributed by atoms with Gasteiger partial charge in [-0.2, -0.15) is 0 Å². The minimum Gasteiger partial charge on any atom is -0.507 e. The van der Waals surface area contributed by atoms with Crippen molar-refractivity contribution in [1.82, 2.24) is 0 Å². The number of hydrogen-bond donors (Lipinski definition) is 1. The lowest BCUT2D eigenvalue weighted by atomic mass is 9.88. The van der Waals surface area contributed by atoms with E-state index in [4.69, 9.17) is 9.47 Å². The third kappa shape index (κ3) is 6.62. The number of benzene rings is 1. The maximum atomic E-state index is 12.1. The van der Waals surface area contributed by atoms with Crippen molar-refractivity contribution in [3.63, 3.8) is 0 Å². The van der Waals surface area contributed by atoms with Crippen LogP contribution in [-0.4, -0.2) is 23.7 Å². The molecule has 0 bridgehead atoms. The number of phenols is 1. The van der Waals surface area contributed by atoms with E-state index in [9.17, 15) is 14.7 Å². The number of esters is 2. The summed E-state index contributed by atoms with van der Waals surface area (Å²) >= 11 is 0. The van der Waals surface area contributed by atoms with Crippen LogP contribution in [0.25, 0.3) is 0 Å². The molecule has 0 saturated heterocycles. The zero-order valence-corrected chi connectivity index (χ0v) is 19.0. The van der Waals surface area contributed by atoms with Crippen LogP contribution in [0.1, 0.15) is 77.1 Å². The molecule has 1 rings (SSSR count). The van der Waals surface area contributed by atoms with Gasteiger partial charge in [0.25, 0.3) is 0 Å². The first-order valence-electron chi connectivity index (χ1n) is 10.3. The number of aromatic hydroxyl groups is 1. The Morgan fingerprint density at radius 2 is 1.62 bits per heavy atom. The molecule has 0 heterocycles.